The van der Waals surface area contributed by atoms with Gasteiger partial charge in [0.25, 0.3) is 0 Å². The van der Waals surface area contributed by atoms with Gasteiger partial charge in [-0.25, -0.2) is 15.0 Å². The molecule has 0 unspecified atom stereocenters. The molecule has 0 spiro atoms. The standard InChI is InChI=1S/C51H34N4O/c1-4-13-33(14-5-1)35-23-27-37(28-24-35)49-52-50(38-29-25-36(26-30-38)34-15-6-2-7-16-34)54-51(53-49)42-20-12-22-44-46(42)47-45(56-44)32-31-41-40-19-10-11-21-43(40)55(48(41)47)39-17-8-3-9-18-39/h1-11,13-19,21-32H,12,20H2. The number of hydrogen-bond acceptors (Lipinski definition) is 4. The van der Waals surface area contributed by atoms with Gasteiger partial charge in [-0.3, -0.25) is 0 Å². The maximum Gasteiger partial charge on any atom is 0.164 e. The number of benzene rings is 7. The molecule has 56 heavy (non-hydrogen) atoms. The van der Waals surface area contributed by atoms with E-state index < -0.39 is 0 Å². The van der Waals surface area contributed by atoms with Crippen LogP contribution >= 0.6 is 0 Å². The SMILES string of the molecule is C1=c2oc3ccc4c5ccccc5n(-c5ccccc5)c4c3c2=C(c2nc(-c3ccc(-c4ccccc4)cc3)nc(-c3ccc(-c4ccccc4)cc3)n2)CC1. The van der Waals surface area contributed by atoms with Crippen LogP contribution in [0.15, 0.2) is 180 Å². The highest BCUT2D eigenvalue weighted by molar-refractivity contribution is 6.18. The van der Waals surface area contributed by atoms with Crippen molar-refractivity contribution in [3.63, 3.8) is 0 Å². The minimum absolute atomic E-state index is 0.636. The molecule has 0 atom stereocenters. The second-order valence-corrected chi connectivity index (χ2v) is 14.3. The van der Waals surface area contributed by atoms with E-state index in [-0.39, 0.29) is 0 Å². The average Bonchev–Trinajstić information content (AvgIpc) is 3.83. The van der Waals surface area contributed by atoms with Crippen LogP contribution in [0.4, 0.5) is 0 Å². The molecule has 10 aromatic rings. The lowest BCUT2D eigenvalue weighted by molar-refractivity contribution is 0.571. The van der Waals surface area contributed by atoms with Gasteiger partial charge in [0, 0.05) is 38.4 Å². The fourth-order valence-corrected chi connectivity index (χ4v) is 8.30. The molecule has 3 heterocycles. The van der Waals surface area contributed by atoms with Gasteiger partial charge in [-0.2, -0.15) is 0 Å². The van der Waals surface area contributed by atoms with Crippen molar-refractivity contribution in [3.05, 3.63) is 192 Å². The Morgan fingerprint density at radius 1 is 0.446 bits per heavy atom. The first-order chi connectivity index (χ1) is 27.8. The van der Waals surface area contributed by atoms with Crippen LogP contribution in [-0.4, -0.2) is 19.5 Å². The molecule has 0 bridgehead atoms. The zero-order chi connectivity index (χ0) is 37.0. The average molecular weight is 719 g/mol. The molecule has 0 saturated carbocycles. The lowest BCUT2D eigenvalue weighted by Crippen LogP contribution is -2.28. The first kappa shape index (κ1) is 32.1. The number of rotatable bonds is 6. The van der Waals surface area contributed by atoms with Crippen molar-refractivity contribution >= 4 is 44.4 Å². The highest BCUT2D eigenvalue weighted by Crippen LogP contribution is 2.36. The molecule has 7 aromatic carbocycles. The molecule has 0 fully saturated rings. The Bertz CT molecular complexity index is 3100. The van der Waals surface area contributed by atoms with Gasteiger partial charge in [0.2, 0.25) is 0 Å². The maximum atomic E-state index is 6.72. The van der Waals surface area contributed by atoms with Gasteiger partial charge >= 0.3 is 0 Å². The molecule has 0 saturated heterocycles. The third-order valence-electron chi connectivity index (χ3n) is 11.0. The van der Waals surface area contributed by atoms with E-state index in [9.17, 15) is 0 Å². The zero-order valence-corrected chi connectivity index (χ0v) is 30.4. The van der Waals surface area contributed by atoms with E-state index in [0.717, 1.165) is 79.0 Å². The summed E-state index contributed by atoms with van der Waals surface area (Å²) in [5.41, 5.74) is 12.6. The molecule has 0 N–H and O–H groups in total. The summed E-state index contributed by atoms with van der Waals surface area (Å²) in [6.07, 6.45) is 3.81. The van der Waals surface area contributed by atoms with Crippen LogP contribution in [0.25, 0.3) is 95.1 Å². The monoisotopic (exact) mass is 718 g/mol. The first-order valence-electron chi connectivity index (χ1n) is 19.1. The number of para-hydroxylation sites is 2. The molecule has 1 aliphatic rings. The molecule has 0 amide bonds. The second kappa shape index (κ2) is 13.2. The highest BCUT2D eigenvalue weighted by Gasteiger charge is 2.23. The summed E-state index contributed by atoms with van der Waals surface area (Å²) in [5.74, 6) is 1.94. The van der Waals surface area contributed by atoms with E-state index >= 15 is 0 Å². The topological polar surface area (TPSA) is 56.7 Å². The third-order valence-corrected chi connectivity index (χ3v) is 11.0. The predicted octanol–water partition coefficient (Wildman–Crippen LogP) is 11.2. The minimum atomic E-state index is 0.636. The van der Waals surface area contributed by atoms with Crippen molar-refractivity contribution in [2.75, 3.05) is 0 Å². The summed E-state index contributed by atoms with van der Waals surface area (Å²) < 4.78 is 9.09. The number of hydrogen-bond donors (Lipinski definition) is 0. The van der Waals surface area contributed by atoms with Crippen LogP contribution in [-0.2, 0) is 0 Å². The Balaban J connectivity index is 1.17. The van der Waals surface area contributed by atoms with Crippen LogP contribution in [0.5, 0.6) is 0 Å². The maximum absolute atomic E-state index is 6.72. The van der Waals surface area contributed by atoms with Crippen molar-refractivity contribution in [1.29, 1.82) is 0 Å². The van der Waals surface area contributed by atoms with Crippen molar-refractivity contribution < 1.29 is 4.42 Å². The Hall–Kier alpha value is -7.37. The molecule has 5 nitrogen and oxygen atoms in total. The lowest BCUT2D eigenvalue weighted by Gasteiger charge is -2.13. The van der Waals surface area contributed by atoms with E-state index in [4.69, 9.17) is 19.4 Å². The molecular weight excluding hydrogens is 685 g/mol. The summed E-state index contributed by atoms with van der Waals surface area (Å²) in [4.78, 5) is 15.7. The summed E-state index contributed by atoms with van der Waals surface area (Å²) in [7, 11) is 0. The molecule has 1 aliphatic carbocycles. The Labute approximate surface area is 323 Å². The fraction of sp³-hybridized carbons (Fsp3) is 0.0392. The van der Waals surface area contributed by atoms with Gasteiger partial charge in [0.15, 0.2) is 17.5 Å². The van der Waals surface area contributed by atoms with E-state index in [1.54, 1.807) is 0 Å². The predicted molar refractivity (Wildman–Crippen MR) is 228 cm³/mol. The summed E-state index contributed by atoms with van der Waals surface area (Å²) in [6, 6.07) is 61.5. The number of furan rings is 1. The van der Waals surface area contributed by atoms with Crippen molar-refractivity contribution in [3.8, 4) is 50.7 Å². The molecule has 0 aliphatic heterocycles. The lowest BCUT2D eigenvalue weighted by atomic mass is 9.99. The van der Waals surface area contributed by atoms with Gasteiger partial charge in [-0.05, 0) is 71.5 Å². The zero-order valence-electron chi connectivity index (χ0n) is 30.4. The van der Waals surface area contributed by atoms with Crippen molar-refractivity contribution in [2.24, 2.45) is 0 Å². The number of aromatic nitrogens is 4. The smallest absolute Gasteiger partial charge is 0.164 e. The Kier molecular flexibility index (Phi) is 7.56. The molecule has 5 heteroatoms. The number of fused-ring (bicyclic) bond motifs is 7. The van der Waals surface area contributed by atoms with Crippen LogP contribution in [0.1, 0.15) is 18.7 Å². The molecule has 3 aromatic heterocycles. The van der Waals surface area contributed by atoms with Gasteiger partial charge < -0.3 is 8.98 Å². The fourth-order valence-electron chi connectivity index (χ4n) is 8.30. The van der Waals surface area contributed by atoms with Gasteiger partial charge in [0.05, 0.1) is 16.4 Å². The Morgan fingerprint density at radius 3 is 1.59 bits per heavy atom. The van der Waals surface area contributed by atoms with Crippen LogP contribution in [0, 0.1) is 0 Å². The van der Waals surface area contributed by atoms with Crippen LogP contribution < -0.4 is 10.6 Å². The van der Waals surface area contributed by atoms with E-state index in [2.05, 4.69) is 174 Å². The van der Waals surface area contributed by atoms with Crippen LogP contribution in [0.2, 0.25) is 0 Å². The molecule has 11 rings (SSSR count). The number of nitrogens with zero attached hydrogens (tertiary/aromatic N) is 4. The van der Waals surface area contributed by atoms with Gasteiger partial charge in [0.1, 0.15) is 11.0 Å². The molecular formula is C51H34N4O. The van der Waals surface area contributed by atoms with E-state index in [1.165, 1.54) is 21.9 Å². The van der Waals surface area contributed by atoms with Crippen LogP contribution in [0.3, 0.4) is 0 Å². The van der Waals surface area contributed by atoms with Crippen molar-refractivity contribution in [2.45, 2.75) is 12.8 Å². The van der Waals surface area contributed by atoms with Crippen molar-refractivity contribution in [1.82, 2.24) is 19.5 Å². The molecule has 264 valence electrons. The quantitative estimate of drug-likeness (QED) is 0.172. The minimum Gasteiger partial charge on any atom is -0.456 e. The molecule has 0 radical (unpaired) electrons. The summed E-state index contributed by atoms with van der Waals surface area (Å²) in [5, 5.41) is 4.51. The third kappa shape index (κ3) is 5.36. The highest BCUT2D eigenvalue weighted by atomic mass is 16.3. The largest absolute Gasteiger partial charge is 0.456 e. The van der Waals surface area contributed by atoms with Gasteiger partial charge in [-0.1, -0.05) is 146 Å². The van der Waals surface area contributed by atoms with E-state index in [1.807, 2.05) is 12.1 Å². The normalized spacial score (nSPS) is 12.6. The van der Waals surface area contributed by atoms with Gasteiger partial charge in [-0.15, -0.1) is 0 Å². The summed E-state index contributed by atoms with van der Waals surface area (Å²) in [6.45, 7) is 0. The first-order valence-corrected chi connectivity index (χ1v) is 19.1. The van der Waals surface area contributed by atoms with E-state index in [0.29, 0.717) is 17.5 Å². The Morgan fingerprint density at radius 2 is 0.964 bits per heavy atom. The second-order valence-electron chi connectivity index (χ2n) is 14.3. The summed E-state index contributed by atoms with van der Waals surface area (Å²) >= 11 is 0.